The number of hydrogen-bond donors (Lipinski definition) is 0. The van der Waals surface area contributed by atoms with E-state index in [9.17, 15) is 0 Å². The second-order valence-corrected chi connectivity index (χ2v) is 3.05. The van der Waals surface area contributed by atoms with Gasteiger partial charge in [-0.15, -0.1) is 0 Å². The molecule has 1 aromatic heterocycles. The summed E-state index contributed by atoms with van der Waals surface area (Å²) in [6.07, 6.45) is 2.89. The highest BCUT2D eigenvalue weighted by atomic mass is 32.1. The number of nitrogens with zero attached hydrogens (tertiary/aromatic N) is 2. The molecule has 0 saturated carbocycles. The Bertz CT molecular complexity index is 158. The van der Waals surface area contributed by atoms with E-state index in [1.165, 1.54) is 11.7 Å². The van der Waals surface area contributed by atoms with Crippen molar-refractivity contribution in [3.8, 4) is 0 Å². The molecule has 50 valence electrons. The summed E-state index contributed by atoms with van der Waals surface area (Å²) in [7, 11) is 0. The van der Waals surface area contributed by atoms with Crippen LogP contribution in [0.15, 0.2) is 6.20 Å². The SMILES string of the molecule is CC(C)Cc1cnsn1. The normalized spacial score (nSPS) is 10.6. The minimum Gasteiger partial charge on any atom is -0.181 e. The molecule has 0 atom stereocenters. The summed E-state index contributed by atoms with van der Waals surface area (Å²) in [5, 5.41) is 0. The summed E-state index contributed by atoms with van der Waals surface area (Å²) in [5.74, 6) is 0.689. The zero-order valence-corrected chi connectivity index (χ0v) is 6.48. The molecule has 0 unspecified atom stereocenters. The van der Waals surface area contributed by atoms with Crippen molar-refractivity contribution < 1.29 is 0 Å². The Morgan fingerprint density at radius 3 is 2.89 bits per heavy atom. The molecule has 0 spiro atoms. The van der Waals surface area contributed by atoms with Gasteiger partial charge in [-0.3, -0.25) is 0 Å². The maximum absolute atomic E-state index is 4.09. The molecule has 0 amide bonds. The van der Waals surface area contributed by atoms with Crippen LogP contribution in [0, 0.1) is 5.92 Å². The van der Waals surface area contributed by atoms with E-state index in [1.54, 1.807) is 0 Å². The maximum Gasteiger partial charge on any atom is 0.0745 e. The van der Waals surface area contributed by atoms with Crippen LogP contribution in [0.2, 0.25) is 0 Å². The predicted octanol–water partition coefficient (Wildman–Crippen LogP) is 1.74. The fraction of sp³-hybridized carbons (Fsp3) is 0.667. The standard InChI is InChI=1S/C6H10N2S/c1-5(2)3-6-4-7-9-8-6/h4-5H,3H2,1-2H3. The average Bonchev–Trinajstić information content (AvgIpc) is 2.15. The molecule has 0 radical (unpaired) electrons. The zero-order valence-electron chi connectivity index (χ0n) is 5.66. The predicted molar refractivity (Wildman–Crippen MR) is 38.5 cm³/mol. The Balaban J connectivity index is 2.48. The van der Waals surface area contributed by atoms with Crippen molar-refractivity contribution >= 4 is 11.7 Å². The molecule has 0 aliphatic carbocycles. The first kappa shape index (κ1) is 6.68. The minimum atomic E-state index is 0.689. The van der Waals surface area contributed by atoms with Crippen LogP contribution in [0.5, 0.6) is 0 Å². The van der Waals surface area contributed by atoms with Crippen LogP contribution in [0.1, 0.15) is 19.5 Å². The molecule has 0 aliphatic rings. The van der Waals surface area contributed by atoms with Gasteiger partial charge in [0.05, 0.1) is 23.6 Å². The summed E-state index contributed by atoms with van der Waals surface area (Å²) < 4.78 is 7.99. The van der Waals surface area contributed by atoms with Crippen molar-refractivity contribution in [2.75, 3.05) is 0 Å². The van der Waals surface area contributed by atoms with Gasteiger partial charge in [0.2, 0.25) is 0 Å². The van der Waals surface area contributed by atoms with Crippen LogP contribution in [-0.4, -0.2) is 8.75 Å². The van der Waals surface area contributed by atoms with Crippen molar-refractivity contribution in [3.63, 3.8) is 0 Å². The summed E-state index contributed by atoms with van der Waals surface area (Å²) in [4.78, 5) is 0. The highest BCUT2D eigenvalue weighted by molar-refractivity contribution is 6.99. The lowest BCUT2D eigenvalue weighted by Crippen LogP contribution is -1.92. The molecular formula is C6H10N2S. The van der Waals surface area contributed by atoms with Gasteiger partial charge in [-0.2, -0.15) is 8.75 Å². The highest BCUT2D eigenvalue weighted by Gasteiger charge is 1.98. The summed E-state index contributed by atoms with van der Waals surface area (Å²) >= 11 is 1.28. The first-order valence-electron chi connectivity index (χ1n) is 3.05. The first-order valence-corrected chi connectivity index (χ1v) is 3.78. The molecule has 2 nitrogen and oxygen atoms in total. The lowest BCUT2D eigenvalue weighted by Gasteiger charge is -1.96. The Morgan fingerprint density at radius 2 is 2.44 bits per heavy atom. The van der Waals surface area contributed by atoms with Gasteiger partial charge in [0, 0.05) is 0 Å². The molecule has 3 heteroatoms. The zero-order chi connectivity index (χ0) is 6.69. The van der Waals surface area contributed by atoms with E-state index in [2.05, 4.69) is 22.6 Å². The summed E-state index contributed by atoms with van der Waals surface area (Å²) in [6.45, 7) is 4.36. The van der Waals surface area contributed by atoms with Crippen molar-refractivity contribution in [3.05, 3.63) is 11.9 Å². The third-order valence-corrected chi connectivity index (χ3v) is 1.54. The van der Waals surface area contributed by atoms with Crippen LogP contribution in [0.4, 0.5) is 0 Å². The van der Waals surface area contributed by atoms with Crippen LogP contribution in [-0.2, 0) is 6.42 Å². The van der Waals surface area contributed by atoms with Gasteiger partial charge in [0.25, 0.3) is 0 Å². The van der Waals surface area contributed by atoms with Crippen LogP contribution < -0.4 is 0 Å². The van der Waals surface area contributed by atoms with Crippen molar-refractivity contribution in [1.82, 2.24) is 8.75 Å². The van der Waals surface area contributed by atoms with Gasteiger partial charge in [0.15, 0.2) is 0 Å². The van der Waals surface area contributed by atoms with Gasteiger partial charge < -0.3 is 0 Å². The second-order valence-electron chi connectivity index (χ2n) is 2.50. The van der Waals surface area contributed by atoms with E-state index in [0.717, 1.165) is 12.1 Å². The second kappa shape index (κ2) is 2.92. The number of hydrogen-bond acceptors (Lipinski definition) is 3. The van der Waals surface area contributed by atoms with E-state index in [0.29, 0.717) is 5.92 Å². The molecule has 0 N–H and O–H groups in total. The summed E-state index contributed by atoms with van der Waals surface area (Å²) in [6, 6.07) is 0. The van der Waals surface area contributed by atoms with Crippen molar-refractivity contribution in [2.24, 2.45) is 5.92 Å². The van der Waals surface area contributed by atoms with Gasteiger partial charge >= 0.3 is 0 Å². The first-order chi connectivity index (χ1) is 4.29. The Hall–Kier alpha value is -0.440. The number of aromatic nitrogens is 2. The van der Waals surface area contributed by atoms with Crippen molar-refractivity contribution in [1.29, 1.82) is 0 Å². The molecule has 0 bridgehead atoms. The highest BCUT2D eigenvalue weighted by Crippen LogP contribution is 2.03. The quantitative estimate of drug-likeness (QED) is 0.628. The van der Waals surface area contributed by atoms with E-state index in [1.807, 2.05) is 6.20 Å². The minimum absolute atomic E-state index is 0.689. The maximum atomic E-state index is 4.09. The molecule has 1 heterocycles. The Morgan fingerprint density at radius 1 is 1.67 bits per heavy atom. The monoisotopic (exact) mass is 142 g/mol. The molecule has 0 saturated heterocycles. The molecule has 9 heavy (non-hydrogen) atoms. The average molecular weight is 142 g/mol. The van der Waals surface area contributed by atoms with Crippen LogP contribution >= 0.6 is 11.7 Å². The lowest BCUT2D eigenvalue weighted by atomic mass is 10.1. The lowest BCUT2D eigenvalue weighted by molar-refractivity contribution is 0.639. The topological polar surface area (TPSA) is 25.8 Å². The van der Waals surface area contributed by atoms with Crippen LogP contribution in [0.3, 0.4) is 0 Å². The third-order valence-electron chi connectivity index (χ3n) is 1.02. The smallest absolute Gasteiger partial charge is 0.0745 e. The van der Waals surface area contributed by atoms with E-state index >= 15 is 0 Å². The molecule has 1 rings (SSSR count). The Labute approximate surface area is 59.3 Å². The van der Waals surface area contributed by atoms with Gasteiger partial charge in [-0.05, 0) is 12.3 Å². The Kier molecular flexibility index (Phi) is 2.16. The van der Waals surface area contributed by atoms with E-state index < -0.39 is 0 Å². The van der Waals surface area contributed by atoms with E-state index in [-0.39, 0.29) is 0 Å². The molecule has 0 aromatic carbocycles. The fourth-order valence-corrected chi connectivity index (χ4v) is 1.13. The van der Waals surface area contributed by atoms with Gasteiger partial charge in [-0.1, -0.05) is 13.8 Å². The van der Waals surface area contributed by atoms with Gasteiger partial charge in [-0.25, -0.2) is 0 Å². The molecular weight excluding hydrogens is 132 g/mol. The van der Waals surface area contributed by atoms with Gasteiger partial charge in [0.1, 0.15) is 0 Å². The largest absolute Gasteiger partial charge is 0.181 e. The third kappa shape index (κ3) is 2.10. The van der Waals surface area contributed by atoms with E-state index in [4.69, 9.17) is 0 Å². The fourth-order valence-electron chi connectivity index (χ4n) is 0.692. The summed E-state index contributed by atoms with van der Waals surface area (Å²) in [5.41, 5.74) is 1.12. The number of rotatable bonds is 2. The molecule has 0 aliphatic heterocycles. The van der Waals surface area contributed by atoms with Crippen molar-refractivity contribution in [2.45, 2.75) is 20.3 Å². The molecule has 0 fully saturated rings. The molecule has 1 aromatic rings. The van der Waals surface area contributed by atoms with Crippen LogP contribution in [0.25, 0.3) is 0 Å².